The number of hydrogen-bond acceptors (Lipinski definition) is 5. The van der Waals surface area contributed by atoms with Crippen LogP contribution in [0.5, 0.6) is 0 Å². The lowest BCUT2D eigenvalue weighted by Gasteiger charge is -2.28. The molecule has 0 radical (unpaired) electrons. The van der Waals surface area contributed by atoms with Gasteiger partial charge in [-0.25, -0.2) is 0 Å². The molecule has 6 nitrogen and oxygen atoms in total. The van der Waals surface area contributed by atoms with Crippen molar-refractivity contribution < 1.29 is 14.5 Å². The Labute approximate surface area is 123 Å². The number of halogens is 1. The lowest BCUT2D eigenvalue weighted by atomic mass is 9.80. The molecule has 0 saturated heterocycles. The van der Waals surface area contributed by atoms with E-state index in [0.29, 0.717) is 11.1 Å². The highest BCUT2D eigenvalue weighted by atomic mass is 35.5. The zero-order valence-corrected chi connectivity index (χ0v) is 12.7. The lowest BCUT2D eigenvalue weighted by molar-refractivity contribution is -0.385. The number of carbonyl (C=O) groups is 1. The van der Waals surface area contributed by atoms with Crippen LogP contribution in [0.1, 0.15) is 31.0 Å². The van der Waals surface area contributed by atoms with Crippen LogP contribution in [-0.4, -0.2) is 18.0 Å². The number of hydrogen-bond donors (Lipinski definition) is 1. The van der Waals surface area contributed by atoms with E-state index < -0.39 is 22.3 Å². The third-order valence-corrected chi connectivity index (χ3v) is 3.28. The number of ether oxygens (including phenoxy) is 1. The van der Waals surface area contributed by atoms with Gasteiger partial charge < -0.3 is 10.5 Å². The minimum Gasteiger partial charge on any atom is -0.469 e. The minimum atomic E-state index is -0.960. The Morgan fingerprint density at radius 3 is 2.45 bits per heavy atom. The fourth-order valence-corrected chi connectivity index (χ4v) is 1.82. The molecule has 112 valence electrons. The van der Waals surface area contributed by atoms with Crippen molar-refractivity contribution in [3.05, 3.63) is 39.4 Å². The topological polar surface area (TPSA) is 95.5 Å². The molecule has 0 aliphatic carbocycles. The number of nitrogens with zero attached hydrogens (tertiary/aromatic N) is 1. The Hall–Kier alpha value is -1.66. The molecular formula is C13H19ClN2O4. The molecule has 0 aliphatic rings. The number of carbonyl (C=O) groups excluding carboxylic acids is 1. The van der Waals surface area contributed by atoms with E-state index in [0.717, 1.165) is 0 Å². The Balaban J connectivity index is 0.00000361. The number of methoxy groups -OCH3 is 1. The molecule has 0 amide bonds. The fourth-order valence-electron chi connectivity index (χ4n) is 1.82. The zero-order chi connectivity index (χ0) is 14.8. The van der Waals surface area contributed by atoms with Crippen LogP contribution in [0, 0.1) is 22.5 Å². The van der Waals surface area contributed by atoms with E-state index in [9.17, 15) is 14.9 Å². The molecule has 7 heteroatoms. The summed E-state index contributed by atoms with van der Waals surface area (Å²) in [5.41, 5.74) is 6.17. The van der Waals surface area contributed by atoms with Crippen molar-refractivity contribution in [2.24, 2.45) is 11.1 Å². The first kappa shape index (κ1) is 18.3. The Morgan fingerprint density at radius 2 is 2.00 bits per heavy atom. The Kier molecular flexibility index (Phi) is 6.12. The van der Waals surface area contributed by atoms with Crippen molar-refractivity contribution in [1.82, 2.24) is 0 Å². The SMILES string of the molecule is COC(=O)C(C)(C)[C@@H](N)c1ccc(C)c([N+](=O)[O-])c1.Cl. The van der Waals surface area contributed by atoms with Crippen molar-refractivity contribution in [3.8, 4) is 0 Å². The number of nitro benzene ring substituents is 1. The van der Waals surface area contributed by atoms with Gasteiger partial charge in [0.25, 0.3) is 5.69 Å². The van der Waals surface area contributed by atoms with Crippen LogP contribution < -0.4 is 5.73 Å². The number of esters is 1. The smallest absolute Gasteiger partial charge is 0.313 e. The van der Waals surface area contributed by atoms with Crippen LogP contribution in [-0.2, 0) is 9.53 Å². The van der Waals surface area contributed by atoms with E-state index in [4.69, 9.17) is 10.5 Å². The summed E-state index contributed by atoms with van der Waals surface area (Å²) in [6.45, 7) is 4.95. The van der Waals surface area contributed by atoms with E-state index in [1.807, 2.05) is 0 Å². The summed E-state index contributed by atoms with van der Waals surface area (Å²) in [6, 6.07) is 4.04. The highest BCUT2D eigenvalue weighted by Gasteiger charge is 2.37. The van der Waals surface area contributed by atoms with Gasteiger partial charge in [0.05, 0.1) is 17.4 Å². The molecule has 1 rings (SSSR count). The van der Waals surface area contributed by atoms with Gasteiger partial charge in [0.1, 0.15) is 0 Å². The van der Waals surface area contributed by atoms with E-state index >= 15 is 0 Å². The maximum absolute atomic E-state index is 11.7. The second kappa shape index (κ2) is 6.67. The molecule has 2 N–H and O–H groups in total. The van der Waals surface area contributed by atoms with Crippen LogP contribution in [0.15, 0.2) is 18.2 Å². The normalized spacial score (nSPS) is 12.2. The molecule has 1 aromatic rings. The lowest BCUT2D eigenvalue weighted by Crippen LogP contribution is -2.37. The van der Waals surface area contributed by atoms with E-state index in [1.165, 1.54) is 13.2 Å². The first-order valence-electron chi connectivity index (χ1n) is 5.80. The second-order valence-electron chi connectivity index (χ2n) is 4.99. The molecule has 0 fully saturated rings. The third-order valence-electron chi connectivity index (χ3n) is 3.28. The molecule has 1 aromatic carbocycles. The molecule has 0 unspecified atom stereocenters. The van der Waals surface area contributed by atoms with Crippen LogP contribution in [0.25, 0.3) is 0 Å². The number of benzene rings is 1. The molecule has 0 spiro atoms. The quantitative estimate of drug-likeness (QED) is 0.524. The van der Waals surface area contributed by atoms with Gasteiger partial charge >= 0.3 is 5.97 Å². The number of aryl methyl sites for hydroxylation is 1. The van der Waals surface area contributed by atoms with Crippen LogP contribution in [0.4, 0.5) is 5.69 Å². The van der Waals surface area contributed by atoms with Gasteiger partial charge in [0.15, 0.2) is 0 Å². The highest BCUT2D eigenvalue weighted by Crippen LogP contribution is 2.34. The molecule has 1 atom stereocenters. The van der Waals surface area contributed by atoms with Crippen LogP contribution in [0.3, 0.4) is 0 Å². The first-order chi connectivity index (χ1) is 8.71. The molecule has 0 heterocycles. The standard InChI is InChI=1S/C13H18N2O4.ClH/c1-8-5-6-9(7-10(8)15(17)18)11(14)13(2,3)12(16)19-4;/h5-7,11H,14H2,1-4H3;1H/t11-;/m0./s1. The number of nitro groups is 1. The molecule has 20 heavy (non-hydrogen) atoms. The van der Waals surface area contributed by atoms with Crippen molar-refractivity contribution >= 4 is 24.1 Å². The summed E-state index contributed by atoms with van der Waals surface area (Å²) in [4.78, 5) is 22.1. The first-order valence-corrected chi connectivity index (χ1v) is 5.80. The average molecular weight is 303 g/mol. The van der Waals surface area contributed by atoms with Crippen LogP contribution >= 0.6 is 12.4 Å². The summed E-state index contributed by atoms with van der Waals surface area (Å²) in [5, 5.41) is 10.9. The highest BCUT2D eigenvalue weighted by molar-refractivity contribution is 5.85. The maximum atomic E-state index is 11.7. The monoisotopic (exact) mass is 302 g/mol. The predicted molar refractivity (Wildman–Crippen MR) is 77.8 cm³/mol. The van der Waals surface area contributed by atoms with E-state index in [-0.39, 0.29) is 18.1 Å². The van der Waals surface area contributed by atoms with Gasteiger partial charge in [-0.2, -0.15) is 0 Å². The molecule has 0 aliphatic heterocycles. The summed E-state index contributed by atoms with van der Waals surface area (Å²) < 4.78 is 4.71. The van der Waals surface area contributed by atoms with Crippen LogP contribution in [0.2, 0.25) is 0 Å². The molecular weight excluding hydrogens is 284 g/mol. The summed E-state index contributed by atoms with van der Waals surface area (Å²) in [6.07, 6.45) is 0. The number of rotatable bonds is 4. The summed E-state index contributed by atoms with van der Waals surface area (Å²) >= 11 is 0. The van der Waals surface area contributed by atoms with Crippen molar-refractivity contribution in [2.45, 2.75) is 26.8 Å². The predicted octanol–water partition coefficient (Wildman–Crippen LogP) is 2.52. The second-order valence-corrected chi connectivity index (χ2v) is 4.99. The van der Waals surface area contributed by atoms with Crippen molar-refractivity contribution in [1.29, 1.82) is 0 Å². The third kappa shape index (κ3) is 3.46. The Bertz CT molecular complexity index is 517. The Morgan fingerprint density at radius 1 is 1.45 bits per heavy atom. The molecule has 0 saturated carbocycles. The van der Waals surface area contributed by atoms with Gasteiger partial charge in [-0.3, -0.25) is 14.9 Å². The van der Waals surface area contributed by atoms with E-state index in [1.54, 1.807) is 32.9 Å². The molecule has 0 aromatic heterocycles. The average Bonchev–Trinajstić information content (AvgIpc) is 2.36. The van der Waals surface area contributed by atoms with Gasteiger partial charge in [-0.1, -0.05) is 12.1 Å². The summed E-state index contributed by atoms with van der Waals surface area (Å²) in [5.74, 6) is -0.455. The largest absolute Gasteiger partial charge is 0.469 e. The van der Waals surface area contributed by atoms with Gasteiger partial charge in [0.2, 0.25) is 0 Å². The van der Waals surface area contributed by atoms with Crippen molar-refractivity contribution in [2.75, 3.05) is 7.11 Å². The van der Waals surface area contributed by atoms with Gasteiger partial charge in [-0.05, 0) is 26.3 Å². The van der Waals surface area contributed by atoms with Gasteiger partial charge in [-0.15, -0.1) is 12.4 Å². The minimum absolute atomic E-state index is 0. The summed E-state index contributed by atoms with van der Waals surface area (Å²) in [7, 11) is 1.29. The zero-order valence-electron chi connectivity index (χ0n) is 11.9. The maximum Gasteiger partial charge on any atom is 0.313 e. The van der Waals surface area contributed by atoms with Gasteiger partial charge in [0, 0.05) is 17.7 Å². The van der Waals surface area contributed by atoms with Crippen molar-refractivity contribution in [3.63, 3.8) is 0 Å². The van der Waals surface area contributed by atoms with E-state index in [2.05, 4.69) is 0 Å². The number of nitrogens with two attached hydrogens (primary N) is 1. The molecule has 0 bridgehead atoms. The fraction of sp³-hybridized carbons (Fsp3) is 0.462.